The second-order valence-electron chi connectivity index (χ2n) is 5.78. The van der Waals surface area contributed by atoms with Crippen molar-refractivity contribution in [2.45, 2.75) is 13.3 Å². The minimum absolute atomic E-state index is 0.179. The SMILES string of the molecule is Cc1cccc(C(=O)NCCC(=O)Nc2ccc3c(c2)OCCO3)c1. The predicted molar refractivity (Wildman–Crippen MR) is 94.2 cm³/mol. The van der Waals surface area contributed by atoms with Crippen molar-refractivity contribution in [3.8, 4) is 11.5 Å². The van der Waals surface area contributed by atoms with E-state index in [2.05, 4.69) is 10.6 Å². The summed E-state index contributed by atoms with van der Waals surface area (Å²) in [5.41, 5.74) is 2.25. The fraction of sp³-hybridized carbons (Fsp3) is 0.263. The van der Waals surface area contributed by atoms with Crippen LogP contribution in [0.1, 0.15) is 22.3 Å². The Morgan fingerprint density at radius 1 is 1.04 bits per heavy atom. The Morgan fingerprint density at radius 2 is 1.84 bits per heavy atom. The van der Waals surface area contributed by atoms with E-state index in [1.54, 1.807) is 24.3 Å². The number of carbonyl (C=O) groups excluding carboxylic acids is 2. The number of benzene rings is 2. The summed E-state index contributed by atoms with van der Waals surface area (Å²) in [6, 6.07) is 12.6. The number of hydrogen-bond donors (Lipinski definition) is 2. The van der Waals surface area contributed by atoms with Gasteiger partial charge in [0, 0.05) is 30.3 Å². The molecule has 0 unspecified atom stereocenters. The number of fused-ring (bicyclic) bond motifs is 1. The molecular formula is C19H20N2O4. The number of aryl methyl sites for hydroxylation is 1. The van der Waals surface area contributed by atoms with Gasteiger partial charge >= 0.3 is 0 Å². The summed E-state index contributed by atoms with van der Waals surface area (Å²) in [4.78, 5) is 24.0. The van der Waals surface area contributed by atoms with Gasteiger partial charge in [-0.1, -0.05) is 17.7 Å². The highest BCUT2D eigenvalue weighted by atomic mass is 16.6. The van der Waals surface area contributed by atoms with Crippen molar-refractivity contribution >= 4 is 17.5 Å². The molecule has 0 spiro atoms. The molecule has 130 valence electrons. The Balaban J connectivity index is 1.47. The van der Waals surface area contributed by atoms with Crippen molar-refractivity contribution in [1.82, 2.24) is 5.32 Å². The fourth-order valence-corrected chi connectivity index (χ4v) is 2.52. The third-order valence-electron chi connectivity index (χ3n) is 3.74. The summed E-state index contributed by atoms with van der Waals surface area (Å²) < 4.78 is 10.9. The first-order chi connectivity index (χ1) is 12.1. The maximum absolute atomic E-state index is 12.0. The third-order valence-corrected chi connectivity index (χ3v) is 3.74. The number of ether oxygens (including phenoxy) is 2. The molecule has 2 amide bonds. The summed E-state index contributed by atoms with van der Waals surface area (Å²) in [6.45, 7) is 3.22. The van der Waals surface area contributed by atoms with Crippen LogP contribution in [-0.4, -0.2) is 31.6 Å². The molecule has 2 aromatic carbocycles. The van der Waals surface area contributed by atoms with Crippen molar-refractivity contribution in [2.24, 2.45) is 0 Å². The molecular weight excluding hydrogens is 320 g/mol. The Morgan fingerprint density at radius 3 is 2.64 bits per heavy atom. The molecule has 0 aliphatic carbocycles. The second-order valence-corrected chi connectivity index (χ2v) is 5.78. The van der Waals surface area contributed by atoms with Crippen molar-refractivity contribution in [3.05, 3.63) is 53.6 Å². The molecule has 2 N–H and O–H groups in total. The van der Waals surface area contributed by atoms with Gasteiger partial charge in [-0.3, -0.25) is 9.59 Å². The monoisotopic (exact) mass is 340 g/mol. The lowest BCUT2D eigenvalue weighted by Gasteiger charge is -2.19. The van der Waals surface area contributed by atoms with Crippen molar-refractivity contribution < 1.29 is 19.1 Å². The lowest BCUT2D eigenvalue weighted by molar-refractivity contribution is -0.116. The fourth-order valence-electron chi connectivity index (χ4n) is 2.52. The number of amides is 2. The molecule has 0 fully saturated rings. The normalized spacial score (nSPS) is 12.4. The van der Waals surface area contributed by atoms with E-state index >= 15 is 0 Å². The highest BCUT2D eigenvalue weighted by Crippen LogP contribution is 2.32. The molecule has 3 rings (SSSR count). The Bertz CT molecular complexity index is 789. The van der Waals surface area contributed by atoms with Crippen LogP contribution in [0.2, 0.25) is 0 Å². The molecule has 0 aromatic heterocycles. The van der Waals surface area contributed by atoms with Crippen molar-refractivity contribution in [2.75, 3.05) is 25.1 Å². The van der Waals surface area contributed by atoms with E-state index < -0.39 is 0 Å². The van der Waals surface area contributed by atoms with Gasteiger partial charge in [-0.05, 0) is 31.2 Å². The van der Waals surface area contributed by atoms with E-state index in [9.17, 15) is 9.59 Å². The predicted octanol–water partition coefficient (Wildman–Crippen LogP) is 2.52. The molecule has 0 bridgehead atoms. The van der Waals surface area contributed by atoms with E-state index in [1.165, 1.54) is 0 Å². The van der Waals surface area contributed by atoms with Crippen LogP contribution in [0.3, 0.4) is 0 Å². The van der Waals surface area contributed by atoms with E-state index in [4.69, 9.17) is 9.47 Å². The summed E-state index contributed by atoms with van der Waals surface area (Å²) >= 11 is 0. The van der Waals surface area contributed by atoms with Gasteiger partial charge in [0.1, 0.15) is 13.2 Å². The average molecular weight is 340 g/mol. The molecule has 0 saturated carbocycles. The van der Waals surface area contributed by atoms with Crippen LogP contribution < -0.4 is 20.1 Å². The number of anilines is 1. The van der Waals surface area contributed by atoms with E-state index in [1.807, 2.05) is 25.1 Å². The summed E-state index contributed by atoms with van der Waals surface area (Å²) in [7, 11) is 0. The van der Waals surface area contributed by atoms with E-state index in [-0.39, 0.29) is 24.8 Å². The zero-order valence-electron chi connectivity index (χ0n) is 14.0. The smallest absolute Gasteiger partial charge is 0.251 e. The van der Waals surface area contributed by atoms with Crippen LogP contribution in [0, 0.1) is 6.92 Å². The van der Waals surface area contributed by atoms with Gasteiger partial charge in [0.15, 0.2) is 11.5 Å². The highest BCUT2D eigenvalue weighted by Gasteiger charge is 2.13. The Hall–Kier alpha value is -3.02. The van der Waals surface area contributed by atoms with Gasteiger partial charge in [-0.25, -0.2) is 0 Å². The van der Waals surface area contributed by atoms with Gasteiger partial charge in [-0.15, -0.1) is 0 Å². The Labute approximate surface area is 146 Å². The zero-order chi connectivity index (χ0) is 17.6. The highest BCUT2D eigenvalue weighted by molar-refractivity contribution is 5.95. The minimum Gasteiger partial charge on any atom is -0.486 e. The first-order valence-electron chi connectivity index (χ1n) is 8.16. The Kier molecular flexibility index (Phi) is 5.18. The third kappa shape index (κ3) is 4.50. The van der Waals surface area contributed by atoms with Gasteiger partial charge in [0.05, 0.1) is 0 Å². The number of rotatable bonds is 5. The molecule has 0 saturated heterocycles. The lowest BCUT2D eigenvalue weighted by Crippen LogP contribution is -2.27. The van der Waals surface area contributed by atoms with Crippen LogP contribution in [0.25, 0.3) is 0 Å². The summed E-state index contributed by atoms with van der Waals surface area (Å²) in [6.07, 6.45) is 0.187. The minimum atomic E-state index is -0.184. The van der Waals surface area contributed by atoms with E-state index in [0.29, 0.717) is 36.0 Å². The first kappa shape index (κ1) is 16.8. The zero-order valence-corrected chi connectivity index (χ0v) is 14.0. The van der Waals surface area contributed by atoms with Gasteiger partial charge in [0.2, 0.25) is 5.91 Å². The standard InChI is InChI=1S/C19H20N2O4/c1-13-3-2-4-14(11-13)19(23)20-8-7-18(22)21-15-5-6-16-17(12-15)25-10-9-24-16/h2-6,11-12H,7-10H2,1H3,(H,20,23)(H,21,22). The van der Waals surface area contributed by atoms with Gasteiger partial charge < -0.3 is 20.1 Å². The molecule has 2 aromatic rings. The first-order valence-corrected chi connectivity index (χ1v) is 8.16. The maximum Gasteiger partial charge on any atom is 0.251 e. The molecule has 1 aliphatic heterocycles. The van der Waals surface area contributed by atoms with Crippen molar-refractivity contribution in [1.29, 1.82) is 0 Å². The quantitative estimate of drug-likeness (QED) is 0.877. The molecule has 0 atom stereocenters. The van der Waals surface area contributed by atoms with Gasteiger partial charge in [-0.2, -0.15) is 0 Å². The van der Waals surface area contributed by atoms with Crippen LogP contribution in [0.15, 0.2) is 42.5 Å². The second kappa shape index (κ2) is 7.70. The molecule has 6 nitrogen and oxygen atoms in total. The average Bonchev–Trinajstić information content (AvgIpc) is 2.61. The molecule has 25 heavy (non-hydrogen) atoms. The number of hydrogen-bond acceptors (Lipinski definition) is 4. The maximum atomic E-state index is 12.0. The number of carbonyl (C=O) groups is 2. The van der Waals surface area contributed by atoms with Crippen LogP contribution in [-0.2, 0) is 4.79 Å². The molecule has 0 radical (unpaired) electrons. The summed E-state index contributed by atoms with van der Waals surface area (Å²) in [5, 5.41) is 5.54. The van der Waals surface area contributed by atoms with Gasteiger partial charge in [0.25, 0.3) is 5.91 Å². The van der Waals surface area contributed by atoms with Crippen LogP contribution >= 0.6 is 0 Å². The number of nitrogens with one attached hydrogen (secondary N) is 2. The molecule has 1 heterocycles. The lowest BCUT2D eigenvalue weighted by atomic mass is 10.1. The molecule has 1 aliphatic rings. The van der Waals surface area contributed by atoms with Crippen LogP contribution in [0.4, 0.5) is 5.69 Å². The van der Waals surface area contributed by atoms with Crippen molar-refractivity contribution in [3.63, 3.8) is 0 Å². The summed E-state index contributed by atoms with van der Waals surface area (Å²) in [5.74, 6) is 0.934. The molecule has 6 heteroatoms. The largest absolute Gasteiger partial charge is 0.486 e. The van der Waals surface area contributed by atoms with Crippen LogP contribution in [0.5, 0.6) is 11.5 Å². The topological polar surface area (TPSA) is 76.7 Å². The van der Waals surface area contributed by atoms with E-state index in [0.717, 1.165) is 5.56 Å².